The molecular weight excluding hydrogens is 284 g/mol. The van der Waals surface area contributed by atoms with E-state index in [-0.39, 0.29) is 10.8 Å². The molecular formula is C20H24N2O. The Morgan fingerprint density at radius 2 is 1.83 bits per heavy atom. The zero-order valence-electron chi connectivity index (χ0n) is 14.1. The first kappa shape index (κ1) is 14.8. The molecule has 2 aromatic heterocycles. The Morgan fingerprint density at radius 1 is 1.04 bits per heavy atom. The van der Waals surface area contributed by atoms with Crippen molar-refractivity contribution in [1.29, 1.82) is 0 Å². The summed E-state index contributed by atoms with van der Waals surface area (Å²) >= 11 is 0. The number of aliphatic hydroxyl groups is 1. The van der Waals surface area contributed by atoms with Crippen molar-refractivity contribution < 1.29 is 5.11 Å². The fraction of sp³-hybridized carbons (Fsp3) is 0.500. The van der Waals surface area contributed by atoms with Gasteiger partial charge >= 0.3 is 0 Å². The van der Waals surface area contributed by atoms with Crippen LogP contribution in [-0.4, -0.2) is 15.1 Å². The van der Waals surface area contributed by atoms with Crippen molar-refractivity contribution in [3.63, 3.8) is 0 Å². The van der Waals surface area contributed by atoms with E-state index < -0.39 is 5.60 Å². The van der Waals surface area contributed by atoms with E-state index in [0.717, 1.165) is 29.9 Å². The smallest absolute Gasteiger partial charge is 0.113 e. The largest absolute Gasteiger partial charge is 0.383 e. The molecule has 0 radical (unpaired) electrons. The van der Waals surface area contributed by atoms with Crippen LogP contribution in [-0.2, 0) is 5.60 Å². The third kappa shape index (κ3) is 1.80. The Labute approximate surface area is 137 Å². The number of fused-ring (bicyclic) bond motifs is 2. The van der Waals surface area contributed by atoms with E-state index in [2.05, 4.69) is 25.8 Å². The van der Waals surface area contributed by atoms with Gasteiger partial charge in [-0.3, -0.25) is 4.98 Å². The molecule has 2 heterocycles. The summed E-state index contributed by atoms with van der Waals surface area (Å²) in [7, 11) is 0. The molecule has 0 unspecified atom stereocenters. The van der Waals surface area contributed by atoms with E-state index in [1.54, 1.807) is 6.20 Å². The zero-order valence-corrected chi connectivity index (χ0v) is 14.1. The maximum atomic E-state index is 11.6. The van der Waals surface area contributed by atoms with Gasteiger partial charge in [-0.15, -0.1) is 0 Å². The third-order valence-corrected chi connectivity index (χ3v) is 6.99. The summed E-state index contributed by atoms with van der Waals surface area (Å²) in [6.45, 7) is 6.87. The summed E-state index contributed by atoms with van der Waals surface area (Å²) in [6.07, 6.45) is 4.87. The molecule has 0 aromatic carbocycles. The molecule has 120 valence electrons. The van der Waals surface area contributed by atoms with Crippen LogP contribution in [0.4, 0.5) is 0 Å². The standard InChI is InChI=1S/C20H24N2O/c1-18(2)14-10-11-19(18,3)20(23,13-14)17-9-6-8-16(22-17)15-7-4-5-12-21-15/h4-9,12,14,23H,10-11,13H2,1-3H3/t14-,19-,20+/m1/s1. The van der Waals surface area contributed by atoms with Crippen LogP contribution in [0.25, 0.3) is 11.4 Å². The van der Waals surface area contributed by atoms with E-state index in [4.69, 9.17) is 4.98 Å². The van der Waals surface area contributed by atoms with E-state index in [1.165, 1.54) is 6.42 Å². The topological polar surface area (TPSA) is 46.0 Å². The average Bonchev–Trinajstić information content (AvgIpc) is 2.88. The molecule has 2 bridgehead atoms. The Balaban J connectivity index is 1.80. The number of pyridine rings is 2. The first-order chi connectivity index (χ1) is 10.9. The molecule has 23 heavy (non-hydrogen) atoms. The Hall–Kier alpha value is -1.74. The normalized spacial score (nSPS) is 34.7. The lowest BCUT2D eigenvalue weighted by Gasteiger charge is -2.45. The quantitative estimate of drug-likeness (QED) is 0.905. The van der Waals surface area contributed by atoms with Gasteiger partial charge in [0.05, 0.1) is 17.1 Å². The number of rotatable bonds is 2. The Morgan fingerprint density at radius 3 is 2.43 bits per heavy atom. The maximum absolute atomic E-state index is 11.6. The van der Waals surface area contributed by atoms with E-state index in [9.17, 15) is 5.11 Å². The molecule has 3 nitrogen and oxygen atoms in total. The minimum atomic E-state index is -0.843. The summed E-state index contributed by atoms with van der Waals surface area (Å²) in [5.41, 5.74) is 1.67. The molecule has 3 atom stereocenters. The van der Waals surface area contributed by atoms with Gasteiger partial charge in [0.1, 0.15) is 5.60 Å². The molecule has 0 spiro atoms. The fourth-order valence-corrected chi connectivity index (χ4v) is 4.98. The Kier molecular flexibility index (Phi) is 2.99. The summed E-state index contributed by atoms with van der Waals surface area (Å²) in [5, 5.41) is 11.6. The molecule has 1 N–H and O–H groups in total. The fourth-order valence-electron chi connectivity index (χ4n) is 4.98. The van der Waals surface area contributed by atoms with Crippen molar-refractivity contribution in [2.75, 3.05) is 0 Å². The highest BCUT2D eigenvalue weighted by atomic mass is 16.3. The van der Waals surface area contributed by atoms with E-state index >= 15 is 0 Å². The molecule has 0 aliphatic heterocycles. The molecule has 4 rings (SSSR count). The van der Waals surface area contributed by atoms with E-state index in [0.29, 0.717) is 5.92 Å². The van der Waals surface area contributed by atoms with Gasteiger partial charge in [-0.2, -0.15) is 0 Å². The van der Waals surface area contributed by atoms with Crippen molar-refractivity contribution in [2.24, 2.45) is 16.7 Å². The first-order valence-corrected chi connectivity index (χ1v) is 8.50. The van der Waals surface area contributed by atoms with Crippen molar-refractivity contribution in [3.05, 3.63) is 48.3 Å². The van der Waals surface area contributed by atoms with Crippen molar-refractivity contribution in [2.45, 2.75) is 45.6 Å². The van der Waals surface area contributed by atoms with Gasteiger partial charge in [-0.1, -0.05) is 32.9 Å². The second-order valence-corrected chi connectivity index (χ2v) is 7.98. The van der Waals surface area contributed by atoms with Gasteiger partial charge < -0.3 is 5.11 Å². The summed E-state index contributed by atoms with van der Waals surface area (Å²) in [4.78, 5) is 9.20. The molecule has 0 saturated heterocycles. The zero-order chi connectivity index (χ0) is 16.3. The highest BCUT2D eigenvalue weighted by Crippen LogP contribution is 2.72. The monoisotopic (exact) mass is 308 g/mol. The number of hydrogen-bond donors (Lipinski definition) is 1. The van der Waals surface area contributed by atoms with E-state index in [1.807, 2.05) is 36.4 Å². The van der Waals surface area contributed by atoms with Gasteiger partial charge in [-0.05, 0) is 54.9 Å². The highest BCUT2D eigenvalue weighted by Gasteiger charge is 2.69. The lowest BCUT2D eigenvalue weighted by Crippen LogP contribution is -2.45. The van der Waals surface area contributed by atoms with Gasteiger partial charge in [0.25, 0.3) is 0 Å². The molecule has 2 aromatic rings. The average molecular weight is 308 g/mol. The minimum absolute atomic E-state index is 0.125. The van der Waals surface area contributed by atoms with Gasteiger partial charge in [0.2, 0.25) is 0 Å². The van der Waals surface area contributed by atoms with Crippen molar-refractivity contribution in [1.82, 2.24) is 9.97 Å². The second-order valence-electron chi connectivity index (χ2n) is 7.98. The lowest BCUT2D eigenvalue weighted by molar-refractivity contribution is -0.0987. The predicted molar refractivity (Wildman–Crippen MR) is 90.6 cm³/mol. The molecule has 2 saturated carbocycles. The molecule has 3 heteroatoms. The number of aromatic nitrogens is 2. The van der Waals surface area contributed by atoms with Crippen LogP contribution >= 0.6 is 0 Å². The summed E-state index contributed by atoms with van der Waals surface area (Å²) in [5.74, 6) is 0.567. The third-order valence-electron chi connectivity index (χ3n) is 6.99. The lowest BCUT2D eigenvalue weighted by atomic mass is 9.63. The predicted octanol–water partition coefficient (Wildman–Crippen LogP) is 4.18. The van der Waals surface area contributed by atoms with Crippen LogP contribution in [0.15, 0.2) is 42.6 Å². The van der Waals surface area contributed by atoms with Crippen LogP contribution in [0, 0.1) is 16.7 Å². The van der Waals surface area contributed by atoms with Crippen LogP contribution < -0.4 is 0 Å². The number of nitrogens with zero attached hydrogens (tertiary/aromatic N) is 2. The summed E-state index contributed by atoms with van der Waals surface area (Å²) in [6, 6.07) is 11.8. The number of hydrogen-bond acceptors (Lipinski definition) is 3. The Bertz CT molecular complexity index is 742. The van der Waals surface area contributed by atoms with Crippen molar-refractivity contribution in [3.8, 4) is 11.4 Å². The first-order valence-electron chi connectivity index (χ1n) is 8.50. The SMILES string of the molecule is CC1(C)[C@@H]2CC[C@@]1(C)[C@@](O)(c1cccc(-c3ccccn3)n1)C2. The maximum Gasteiger partial charge on any atom is 0.113 e. The summed E-state index contributed by atoms with van der Waals surface area (Å²) < 4.78 is 0. The molecule has 0 amide bonds. The molecule has 2 fully saturated rings. The van der Waals surface area contributed by atoms with Gasteiger partial charge in [0.15, 0.2) is 0 Å². The minimum Gasteiger partial charge on any atom is -0.383 e. The van der Waals surface area contributed by atoms with Gasteiger partial charge in [-0.25, -0.2) is 4.98 Å². The molecule has 2 aliphatic carbocycles. The van der Waals surface area contributed by atoms with Crippen LogP contribution in [0.2, 0.25) is 0 Å². The highest BCUT2D eigenvalue weighted by molar-refractivity contribution is 5.54. The molecule has 2 aliphatic rings. The second kappa shape index (κ2) is 4.64. The van der Waals surface area contributed by atoms with Crippen molar-refractivity contribution >= 4 is 0 Å². The van der Waals surface area contributed by atoms with Gasteiger partial charge in [0, 0.05) is 11.6 Å². The van der Waals surface area contributed by atoms with Crippen LogP contribution in [0.1, 0.15) is 45.7 Å². The van der Waals surface area contributed by atoms with Crippen LogP contribution in [0.5, 0.6) is 0 Å². The van der Waals surface area contributed by atoms with Crippen LogP contribution in [0.3, 0.4) is 0 Å².